The Balaban J connectivity index is 1.39. The minimum atomic E-state index is -1.23. The number of hydrogen-bond donors (Lipinski definition) is 14. The van der Waals surface area contributed by atoms with Crippen LogP contribution in [0, 0.1) is 23.2 Å². The van der Waals surface area contributed by atoms with E-state index in [4.69, 9.17) is 44.4 Å². The number of carboxylic acids is 6. The molecule has 0 unspecified atom stereocenters. The number of aliphatic carboxylic acids is 4. The van der Waals surface area contributed by atoms with E-state index in [1.165, 1.54) is 37.5 Å². The molecule has 7 atom stereocenters. The van der Waals surface area contributed by atoms with E-state index in [1.807, 2.05) is 0 Å². The second kappa shape index (κ2) is 71.4. The molecule has 5 amide bonds. The lowest BCUT2D eigenvalue weighted by Crippen LogP contribution is -2.45. The quantitative estimate of drug-likeness (QED) is 0.0234. The van der Waals surface area contributed by atoms with Gasteiger partial charge in [-0.2, -0.15) is 0 Å². The number of nitrogens with zero attached hydrogens (tertiary/aromatic N) is 1. The smallest absolute Gasteiger partial charge is 0.335 e. The summed E-state index contributed by atoms with van der Waals surface area (Å²) in [7, 11) is 0. The predicted octanol–water partition coefficient (Wildman–Crippen LogP) is 9.22. The number of nitrogens with one attached hydrogen (secondary N) is 7. The van der Waals surface area contributed by atoms with Crippen molar-refractivity contribution in [2.45, 2.75) is 295 Å². The molecule has 0 aliphatic heterocycles. The van der Waals surface area contributed by atoms with Gasteiger partial charge in [-0.3, -0.25) is 76.7 Å². The number of unbranched alkanes of at least 4 members (excludes halogenated alkanes) is 16. The van der Waals surface area contributed by atoms with Crippen LogP contribution in [-0.4, -0.2) is 263 Å². The van der Waals surface area contributed by atoms with Gasteiger partial charge in [0.15, 0.2) is 23.1 Å². The van der Waals surface area contributed by atoms with Gasteiger partial charge >= 0.3 is 35.8 Å². The van der Waals surface area contributed by atoms with Gasteiger partial charge in [-0.1, -0.05) is 97.3 Å². The first-order chi connectivity index (χ1) is 65.0. The number of ether oxygens (including phenoxy) is 6. The molecule has 0 radical (unpaired) electrons. The second-order valence-electron chi connectivity index (χ2n) is 34.9. The van der Waals surface area contributed by atoms with Crippen LogP contribution in [-0.2, 0) is 102 Å². The Hall–Kier alpha value is -11.1. The van der Waals surface area contributed by atoms with Gasteiger partial charge in [-0.25, -0.2) is 14.6 Å². The number of rotatable bonds is 88. The number of aromatic amines is 1. The van der Waals surface area contributed by atoms with Crippen LogP contribution in [0.2, 0.25) is 0 Å². The highest BCUT2D eigenvalue weighted by molar-refractivity contribution is 5.96. The highest BCUT2D eigenvalue weighted by atomic mass is 16.5. The number of aromatic nitrogens is 2. The molecule has 0 saturated carbocycles. The van der Waals surface area contributed by atoms with Crippen LogP contribution in [0.5, 0.6) is 11.5 Å². The summed E-state index contributed by atoms with van der Waals surface area (Å²) in [6.07, 6.45) is 15.8. The van der Waals surface area contributed by atoms with Gasteiger partial charge in [-0.15, -0.1) is 0 Å². The molecule has 3 rings (SSSR count). The zero-order valence-electron chi connectivity index (χ0n) is 79.3. The average molecular weight is 1920 g/mol. The lowest BCUT2D eigenvalue weighted by molar-refractivity contribution is -0.140. The van der Waals surface area contributed by atoms with Crippen molar-refractivity contribution in [2.24, 2.45) is 28.9 Å². The fourth-order valence-electron chi connectivity index (χ4n) is 14.7. The van der Waals surface area contributed by atoms with E-state index in [9.17, 15) is 107 Å². The summed E-state index contributed by atoms with van der Waals surface area (Å²) in [6, 6.07) is 8.16. The van der Waals surface area contributed by atoms with Gasteiger partial charge in [0.1, 0.15) is 42.1 Å². The number of carboxylic acid groups (broad SMARTS) is 6. The molecule has 1 heterocycles. The number of amides is 5. The molecule has 0 saturated heterocycles. The van der Waals surface area contributed by atoms with Crippen molar-refractivity contribution in [1.29, 1.82) is 0 Å². The number of carbonyl (C=O) groups excluding carboxylic acids is 12. The highest BCUT2D eigenvalue weighted by Gasteiger charge is 2.35. The number of Topliss-reactive ketones (excluding diaryl/α,β-unsaturated/α-hetero) is 7. The van der Waals surface area contributed by atoms with Crippen LogP contribution >= 0.6 is 0 Å². The summed E-state index contributed by atoms with van der Waals surface area (Å²) in [6.45, 7) is 5.05. The lowest BCUT2D eigenvalue weighted by atomic mass is 9.81. The fourth-order valence-corrected chi connectivity index (χ4v) is 14.7. The molecule has 39 heteroatoms. The monoisotopic (exact) mass is 1920 g/mol. The summed E-state index contributed by atoms with van der Waals surface area (Å²) in [5.41, 5.74) is 6.04. The third-order valence-corrected chi connectivity index (χ3v) is 22.9. The maximum Gasteiger partial charge on any atom is 0.335 e. The van der Waals surface area contributed by atoms with Gasteiger partial charge in [0, 0.05) is 138 Å². The fraction of sp³-hybridized carbons (Fsp3) is 0.660. The Morgan fingerprint density at radius 2 is 0.846 bits per heavy atom. The standard InChI is InChI=1S/C97H147N9O30/c1-67(107)70(25-18-20-46-100-87(115)65-134-56-54-132-52-48-102-93(125)72(35-43-90(119)120)59-83(111)80(41-45-92(123)124)105-86(114)29-17-13-9-5-7-11-15-23-51-136-76-38-32-69(33-39-76)96(129)130)58-82(110)78(103-63-85(113)97(2,3)61-84(112)77(98)60-73-62-99-66-104-73)27-19-21-47-101-88(116)64-133-55-53-131-49-24-28-81(109)79(40-44-91(121)122)106-94(126)71(34-42-89(117)118)57-74(108)26-16-12-8-4-6-10-14-22-50-135-75-36-30-68(31-37-75)95(127)128/h30-33,36-39,62,66,70-72,77-80,103H,4-29,34-35,40-61,63-65,98H2,1-3H3,(H,99,104)(H,100,115)(H,101,116)(H,102,125)(H,105,114)(H,106,126)(H,117,118)(H,119,120)(H,121,122)(H,123,124)(H,127,128)(H,129,130)/t70-,71-,72-,77+,78+,79+,80+/m1/s1. The van der Waals surface area contributed by atoms with E-state index < -0.39 is 156 Å². The average Bonchev–Trinajstić information content (AvgIpc) is 1.22. The highest BCUT2D eigenvalue weighted by Crippen LogP contribution is 2.26. The molecule has 1 aromatic heterocycles. The first kappa shape index (κ1) is 119. The normalized spacial score (nSPS) is 12.9. The van der Waals surface area contributed by atoms with Crippen molar-refractivity contribution < 1.29 is 145 Å². The van der Waals surface area contributed by atoms with Gasteiger partial charge in [0.2, 0.25) is 29.5 Å². The first-order valence-electron chi connectivity index (χ1n) is 47.7. The van der Waals surface area contributed by atoms with Crippen LogP contribution in [0.25, 0.3) is 0 Å². The molecule has 0 aliphatic carbocycles. The largest absolute Gasteiger partial charge is 0.494 e. The van der Waals surface area contributed by atoms with E-state index in [0.29, 0.717) is 75.4 Å². The van der Waals surface area contributed by atoms with E-state index >= 15 is 0 Å². The lowest BCUT2D eigenvalue weighted by Gasteiger charge is -2.26. The molecule has 0 spiro atoms. The van der Waals surface area contributed by atoms with Crippen molar-refractivity contribution in [3.8, 4) is 11.5 Å². The molecule has 0 fully saturated rings. The van der Waals surface area contributed by atoms with Crippen molar-refractivity contribution in [1.82, 2.24) is 41.9 Å². The second-order valence-corrected chi connectivity index (χ2v) is 34.9. The maximum absolute atomic E-state index is 14.2. The number of hydrogen-bond acceptors (Lipinski definition) is 27. The summed E-state index contributed by atoms with van der Waals surface area (Å²) in [4.78, 5) is 235. The van der Waals surface area contributed by atoms with Gasteiger partial charge in [0.05, 0.1) is 94.4 Å². The van der Waals surface area contributed by atoms with Crippen LogP contribution < -0.4 is 47.1 Å². The van der Waals surface area contributed by atoms with E-state index in [0.717, 1.165) is 89.9 Å². The minimum absolute atomic E-state index is 0.00852. The number of nitrogens with two attached hydrogens (primary N) is 1. The summed E-state index contributed by atoms with van der Waals surface area (Å²) in [5, 5.41) is 72.2. The van der Waals surface area contributed by atoms with E-state index in [2.05, 4.69) is 41.9 Å². The maximum atomic E-state index is 14.2. The SMILES string of the molecule is CC(=O)[C@H](CCCCNC(=O)COCCOCCNC(=O)[C@H](CCC(=O)O)CC(=O)[C@H](CCC(=O)O)NC(=O)CCCCCCCCCCOc1ccc(C(=O)O)cc1)CC(=O)[C@H](CCCCNC(=O)COCCOCCCC(=O)[C@H](CCC(=O)O)NC(=O)[C@H](CCC(=O)O)CC(=O)CCCCCCCCCCOc1ccc(C(=O)O)cc1)NCC(=O)C(C)(C)CC(=O)[C@@H](N)Cc1cnc[nH]1. The molecule has 2 aromatic carbocycles. The number of H-pyrrole nitrogens is 1. The van der Waals surface area contributed by atoms with Crippen molar-refractivity contribution in [3.63, 3.8) is 0 Å². The molecular formula is C97H147N9O30. The molecule has 3 aromatic rings. The molecular weight excluding hydrogens is 1770 g/mol. The molecule has 0 aliphatic rings. The Morgan fingerprint density at radius 3 is 1.34 bits per heavy atom. The Labute approximate surface area is 795 Å². The third kappa shape index (κ3) is 57.7. The predicted molar refractivity (Wildman–Crippen MR) is 497 cm³/mol. The molecule has 39 nitrogen and oxygen atoms in total. The number of aromatic carboxylic acids is 2. The van der Waals surface area contributed by atoms with Crippen molar-refractivity contribution in [3.05, 3.63) is 77.9 Å². The Morgan fingerprint density at radius 1 is 0.397 bits per heavy atom. The minimum Gasteiger partial charge on any atom is -0.494 e. The zero-order chi connectivity index (χ0) is 100. The summed E-state index contributed by atoms with van der Waals surface area (Å²) < 4.78 is 33.5. The van der Waals surface area contributed by atoms with Gasteiger partial charge in [0.25, 0.3) is 0 Å². The number of benzene rings is 2. The number of ketones is 7. The van der Waals surface area contributed by atoms with E-state index in [-0.39, 0.29) is 203 Å². The zero-order valence-corrected chi connectivity index (χ0v) is 79.3. The van der Waals surface area contributed by atoms with E-state index in [1.54, 1.807) is 44.3 Å². The first-order valence-corrected chi connectivity index (χ1v) is 47.7. The van der Waals surface area contributed by atoms with Crippen LogP contribution in [0.4, 0.5) is 0 Å². The van der Waals surface area contributed by atoms with Crippen LogP contribution in [0.15, 0.2) is 61.1 Å². The molecule has 760 valence electrons. The summed E-state index contributed by atoms with van der Waals surface area (Å²) in [5.74, 6) is -13.9. The summed E-state index contributed by atoms with van der Waals surface area (Å²) >= 11 is 0. The third-order valence-electron chi connectivity index (χ3n) is 22.9. The number of imidazole rings is 1. The molecule has 136 heavy (non-hydrogen) atoms. The van der Waals surface area contributed by atoms with Crippen LogP contribution in [0.1, 0.15) is 291 Å². The van der Waals surface area contributed by atoms with Crippen molar-refractivity contribution >= 4 is 106 Å². The molecule has 15 N–H and O–H groups in total. The Kier molecular flexibility index (Phi) is 62.5. The van der Waals surface area contributed by atoms with Gasteiger partial charge < -0.3 is 102 Å². The number of carbonyl (C=O) groups is 18. The molecule has 0 bridgehead atoms. The Bertz CT molecular complexity index is 4140. The van der Waals surface area contributed by atoms with Gasteiger partial charge in [-0.05, 0) is 145 Å². The topological polar surface area (TPSA) is 611 Å². The van der Waals surface area contributed by atoms with Crippen LogP contribution in [0.3, 0.4) is 0 Å². The van der Waals surface area contributed by atoms with Crippen molar-refractivity contribution in [2.75, 3.05) is 92.2 Å².